The number of hydrogen-bond donors (Lipinski definition) is 2. The van der Waals surface area contributed by atoms with Crippen LogP contribution in [0.2, 0.25) is 0 Å². The Labute approximate surface area is 122 Å². The van der Waals surface area contributed by atoms with Crippen molar-refractivity contribution in [3.63, 3.8) is 0 Å². The molecule has 0 aliphatic carbocycles. The quantitative estimate of drug-likeness (QED) is 0.900. The van der Waals surface area contributed by atoms with E-state index in [0.717, 1.165) is 5.56 Å². The van der Waals surface area contributed by atoms with Crippen LogP contribution in [-0.4, -0.2) is 24.0 Å². The monoisotopic (exact) mass is 294 g/mol. The lowest BCUT2D eigenvalue weighted by atomic mass is 10.0. The third-order valence-corrected chi connectivity index (χ3v) is 3.00. The van der Waals surface area contributed by atoms with Gasteiger partial charge in [-0.05, 0) is 44.9 Å². The van der Waals surface area contributed by atoms with E-state index in [9.17, 15) is 14.0 Å². The number of benzene rings is 1. The number of anilines is 2. The number of carbonyl (C=O) groups excluding carboxylic acids is 2. The molecule has 21 heavy (non-hydrogen) atoms. The molecule has 5 nitrogen and oxygen atoms in total. The largest absolute Gasteiger partial charge is 0.366 e. The van der Waals surface area contributed by atoms with E-state index in [2.05, 4.69) is 10.6 Å². The molecule has 1 aromatic carbocycles. The molecule has 0 unspecified atom stereocenters. The van der Waals surface area contributed by atoms with Gasteiger partial charge >= 0.3 is 0 Å². The number of nitrogens with one attached hydrogen (secondary N) is 2. The van der Waals surface area contributed by atoms with Crippen molar-refractivity contribution in [2.75, 3.05) is 17.2 Å². The first kappa shape index (κ1) is 15.4. The maximum absolute atomic E-state index is 13.9. The lowest BCUT2D eigenvalue weighted by molar-refractivity contribution is -0.125. The average Bonchev–Trinajstić information content (AvgIpc) is 2.37. The van der Waals surface area contributed by atoms with Crippen molar-refractivity contribution in [2.24, 2.45) is 0 Å². The highest BCUT2D eigenvalue weighted by molar-refractivity contribution is 5.96. The van der Waals surface area contributed by atoms with Crippen LogP contribution in [0.25, 0.3) is 0 Å². The molecular weight excluding hydrogens is 275 g/mol. The summed E-state index contributed by atoms with van der Waals surface area (Å²) < 4.78 is 19.3. The van der Waals surface area contributed by atoms with E-state index in [1.54, 1.807) is 0 Å². The van der Waals surface area contributed by atoms with Crippen molar-refractivity contribution in [1.29, 1.82) is 0 Å². The topological polar surface area (TPSA) is 67.4 Å². The molecule has 0 spiro atoms. The van der Waals surface area contributed by atoms with Gasteiger partial charge < -0.3 is 15.4 Å². The maximum Gasteiger partial charge on any atom is 0.250 e. The van der Waals surface area contributed by atoms with Gasteiger partial charge in [0, 0.05) is 12.1 Å². The summed E-state index contributed by atoms with van der Waals surface area (Å²) in [6, 6.07) is 2.78. The van der Waals surface area contributed by atoms with Gasteiger partial charge in [0.05, 0.1) is 11.3 Å². The third-order valence-electron chi connectivity index (χ3n) is 3.00. The predicted molar refractivity (Wildman–Crippen MR) is 77.7 cm³/mol. The minimum atomic E-state index is -0.519. The Morgan fingerprint density at radius 2 is 2.10 bits per heavy atom. The fourth-order valence-corrected chi connectivity index (χ4v) is 1.96. The van der Waals surface area contributed by atoms with Gasteiger partial charge in [-0.2, -0.15) is 0 Å². The van der Waals surface area contributed by atoms with Gasteiger partial charge in [-0.1, -0.05) is 0 Å². The summed E-state index contributed by atoms with van der Waals surface area (Å²) >= 11 is 0. The smallest absolute Gasteiger partial charge is 0.250 e. The van der Waals surface area contributed by atoms with E-state index >= 15 is 0 Å². The van der Waals surface area contributed by atoms with E-state index in [1.165, 1.54) is 12.1 Å². The molecule has 0 bridgehead atoms. The van der Waals surface area contributed by atoms with E-state index in [0.29, 0.717) is 18.5 Å². The van der Waals surface area contributed by atoms with E-state index in [4.69, 9.17) is 4.74 Å². The van der Waals surface area contributed by atoms with Crippen molar-refractivity contribution in [2.45, 2.75) is 39.2 Å². The number of hydrogen-bond acceptors (Lipinski definition) is 3. The number of aryl methyl sites for hydroxylation is 1. The molecule has 0 radical (unpaired) electrons. The summed E-state index contributed by atoms with van der Waals surface area (Å²) in [5, 5.41) is 5.13. The first-order valence-electron chi connectivity index (χ1n) is 6.81. The Balaban J connectivity index is 2.08. The molecule has 2 rings (SSSR count). The van der Waals surface area contributed by atoms with Crippen molar-refractivity contribution < 1.29 is 18.7 Å². The molecule has 1 aliphatic rings. The van der Waals surface area contributed by atoms with Crippen molar-refractivity contribution >= 4 is 23.2 Å². The molecule has 114 valence electrons. The zero-order valence-corrected chi connectivity index (χ0v) is 12.4. The Morgan fingerprint density at radius 3 is 2.76 bits per heavy atom. The lowest BCUT2D eigenvalue weighted by Crippen LogP contribution is -2.27. The second kappa shape index (κ2) is 5.81. The van der Waals surface area contributed by atoms with Crippen LogP contribution in [0.1, 0.15) is 32.8 Å². The lowest BCUT2D eigenvalue weighted by Gasteiger charge is -2.20. The Morgan fingerprint density at radius 1 is 1.38 bits per heavy atom. The second-order valence-corrected chi connectivity index (χ2v) is 5.99. The zero-order chi connectivity index (χ0) is 15.6. The Kier molecular flexibility index (Phi) is 4.27. The summed E-state index contributed by atoms with van der Waals surface area (Å²) in [7, 11) is 0. The zero-order valence-electron chi connectivity index (χ0n) is 12.4. The van der Waals surface area contributed by atoms with Crippen molar-refractivity contribution in [3.05, 3.63) is 23.5 Å². The predicted octanol–water partition coefficient (Wildman–Crippen LogP) is 2.46. The molecule has 0 atom stereocenters. The Hall–Kier alpha value is -1.95. The van der Waals surface area contributed by atoms with Crippen molar-refractivity contribution in [3.8, 4) is 0 Å². The molecule has 0 aromatic heterocycles. The average molecular weight is 294 g/mol. The summed E-state index contributed by atoms with van der Waals surface area (Å²) in [5.74, 6) is -1.07. The molecule has 2 N–H and O–H groups in total. The van der Waals surface area contributed by atoms with Crippen LogP contribution < -0.4 is 10.6 Å². The number of halogens is 1. The molecule has 1 heterocycles. The highest BCUT2D eigenvalue weighted by Crippen LogP contribution is 2.28. The first-order chi connectivity index (χ1) is 9.74. The molecule has 0 fully saturated rings. The molecular formula is C15H19FN2O3. The summed E-state index contributed by atoms with van der Waals surface area (Å²) in [4.78, 5) is 23.1. The normalized spacial score (nSPS) is 14.4. The van der Waals surface area contributed by atoms with Crippen molar-refractivity contribution in [1.82, 2.24) is 0 Å². The minimum absolute atomic E-state index is 0.0402. The standard InChI is InChI=1S/C15H19FN2O3/c1-15(2,3)21-8-14(20)18-12-7-11-9(6-10(12)16)4-5-13(19)17-11/h6-7H,4-5,8H2,1-3H3,(H,17,19)(H,18,20). The van der Waals surface area contributed by atoms with Crippen LogP contribution in [0.4, 0.5) is 15.8 Å². The van der Waals surface area contributed by atoms with E-state index in [1.807, 2.05) is 20.8 Å². The highest BCUT2D eigenvalue weighted by Gasteiger charge is 2.19. The number of ether oxygens (including phenoxy) is 1. The number of amides is 2. The highest BCUT2D eigenvalue weighted by atomic mass is 19.1. The summed E-state index contributed by atoms with van der Waals surface area (Å²) in [6.07, 6.45) is 0.844. The molecule has 6 heteroatoms. The van der Waals surface area contributed by atoms with Crippen LogP contribution in [0.15, 0.2) is 12.1 Å². The van der Waals surface area contributed by atoms with Gasteiger partial charge in [0.1, 0.15) is 12.4 Å². The summed E-state index contributed by atoms with van der Waals surface area (Å²) in [6.45, 7) is 5.33. The number of carbonyl (C=O) groups is 2. The van der Waals surface area contributed by atoms with Crippen LogP contribution >= 0.6 is 0 Å². The molecule has 1 aromatic rings. The number of rotatable bonds is 3. The fraction of sp³-hybridized carbons (Fsp3) is 0.467. The van der Waals surface area contributed by atoms with Crippen LogP contribution in [-0.2, 0) is 20.7 Å². The van der Waals surface area contributed by atoms with Crippen LogP contribution in [0.3, 0.4) is 0 Å². The van der Waals surface area contributed by atoms with Gasteiger partial charge in [-0.25, -0.2) is 4.39 Å². The van der Waals surface area contributed by atoms with Gasteiger partial charge in [-0.15, -0.1) is 0 Å². The first-order valence-corrected chi connectivity index (χ1v) is 6.81. The van der Waals surface area contributed by atoms with Gasteiger partial charge in [0.15, 0.2) is 0 Å². The Bertz CT molecular complexity index is 579. The van der Waals surface area contributed by atoms with Crippen LogP contribution in [0, 0.1) is 5.82 Å². The molecule has 2 amide bonds. The minimum Gasteiger partial charge on any atom is -0.366 e. The SMILES string of the molecule is CC(C)(C)OCC(=O)Nc1cc2c(cc1F)CCC(=O)N2. The van der Waals surface area contributed by atoms with E-state index in [-0.39, 0.29) is 18.2 Å². The molecule has 0 saturated carbocycles. The van der Waals surface area contributed by atoms with Gasteiger partial charge in [0.25, 0.3) is 0 Å². The van der Waals surface area contributed by atoms with Gasteiger partial charge in [-0.3, -0.25) is 9.59 Å². The second-order valence-electron chi connectivity index (χ2n) is 5.99. The van der Waals surface area contributed by atoms with E-state index < -0.39 is 17.3 Å². The maximum atomic E-state index is 13.9. The summed E-state index contributed by atoms with van der Waals surface area (Å²) in [5.41, 5.74) is 0.869. The van der Waals surface area contributed by atoms with Crippen LogP contribution in [0.5, 0.6) is 0 Å². The van der Waals surface area contributed by atoms with Gasteiger partial charge in [0.2, 0.25) is 11.8 Å². The molecule has 1 aliphatic heterocycles. The molecule has 0 saturated heterocycles. The number of fused-ring (bicyclic) bond motifs is 1. The third kappa shape index (κ3) is 4.26. The fourth-order valence-electron chi connectivity index (χ4n) is 1.96.